The summed E-state index contributed by atoms with van der Waals surface area (Å²) in [6.45, 7) is 0.828. The first-order valence-electron chi connectivity index (χ1n) is 8.13. The zero-order valence-corrected chi connectivity index (χ0v) is 13.6. The van der Waals surface area contributed by atoms with Gasteiger partial charge in [0.15, 0.2) is 0 Å². The summed E-state index contributed by atoms with van der Waals surface area (Å²) in [6.07, 6.45) is 6.33. The Bertz CT molecular complexity index is 502. The van der Waals surface area contributed by atoms with Crippen LogP contribution in [0.3, 0.4) is 0 Å². The lowest BCUT2D eigenvalue weighted by Gasteiger charge is -2.11. The Kier molecular flexibility index (Phi) is 5.99. The van der Waals surface area contributed by atoms with E-state index >= 15 is 0 Å². The van der Waals surface area contributed by atoms with Gasteiger partial charge in [0, 0.05) is 32.6 Å². The largest absolute Gasteiger partial charge is 0.356 e. The number of rotatable bonds is 6. The molecule has 0 unspecified atom stereocenters. The molecule has 0 saturated heterocycles. The van der Waals surface area contributed by atoms with Gasteiger partial charge in [-0.1, -0.05) is 25.0 Å². The highest BCUT2D eigenvalue weighted by atomic mass is 16.2. The molecule has 0 atom stereocenters. The van der Waals surface area contributed by atoms with Crippen LogP contribution in [0.25, 0.3) is 0 Å². The Hall–Kier alpha value is -1.84. The molecule has 1 aromatic carbocycles. The number of hydrogen-bond acceptors (Lipinski definition) is 2. The van der Waals surface area contributed by atoms with E-state index in [4.69, 9.17) is 0 Å². The molecule has 1 fully saturated rings. The van der Waals surface area contributed by atoms with Crippen molar-refractivity contribution in [1.82, 2.24) is 10.2 Å². The summed E-state index contributed by atoms with van der Waals surface area (Å²) in [5, 5.41) is 3.04. The third kappa shape index (κ3) is 4.86. The molecule has 4 heteroatoms. The molecule has 120 valence electrons. The smallest absolute Gasteiger partial charge is 0.253 e. The molecule has 1 aliphatic carbocycles. The summed E-state index contributed by atoms with van der Waals surface area (Å²) in [7, 11) is 3.48. The quantitative estimate of drug-likeness (QED) is 0.878. The van der Waals surface area contributed by atoms with Crippen molar-refractivity contribution in [3.8, 4) is 0 Å². The minimum absolute atomic E-state index is 0.000793. The number of nitrogens with zero attached hydrogens (tertiary/aromatic N) is 1. The van der Waals surface area contributed by atoms with Crippen LogP contribution in [0.2, 0.25) is 0 Å². The Labute approximate surface area is 132 Å². The van der Waals surface area contributed by atoms with Crippen LogP contribution < -0.4 is 5.32 Å². The van der Waals surface area contributed by atoms with E-state index in [0.29, 0.717) is 24.3 Å². The normalized spacial score (nSPS) is 14.8. The highest BCUT2D eigenvalue weighted by Gasteiger charge is 2.15. The molecule has 2 amide bonds. The summed E-state index contributed by atoms with van der Waals surface area (Å²) in [6, 6.07) is 7.52. The van der Waals surface area contributed by atoms with Crippen molar-refractivity contribution in [3.63, 3.8) is 0 Å². The molecular weight excluding hydrogens is 276 g/mol. The minimum atomic E-state index is 0.000793. The fourth-order valence-electron chi connectivity index (χ4n) is 2.89. The van der Waals surface area contributed by atoms with Crippen molar-refractivity contribution in [1.29, 1.82) is 0 Å². The van der Waals surface area contributed by atoms with Crippen molar-refractivity contribution in [2.75, 3.05) is 20.6 Å². The first-order chi connectivity index (χ1) is 10.6. The number of carbonyl (C=O) groups is 2. The molecule has 0 aromatic heterocycles. The Morgan fingerprint density at radius 2 is 1.77 bits per heavy atom. The van der Waals surface area contributed by atoms with Crippen LogP contribution in [0.5, 0.6) is 0 Å². The third-order valence-electron chi connectivity index (χ3n) is 4.31. The second-order valence-electron chi connectivity index (χ2n) is 6.35. The Morgan fingerprint density at radius 3 is 2.36 bits per heavy atom. The maximum atomic E-state index is 11.9. The third-order valence-corrected chi connectivity index (χ3v) is 4.31. The molecule has 2 rings (SSSR count). The van der Waals surface area contributed by atoms with Crippen LogP contribution in [-0.4, -0.2) is 37.4 Å². The predicted molar refractivity (Wildman–Crippen MR) is 87.7 cm³/mol. The highest BCUT2D eigenvalue weighted by Crippen LogP contribution is 2.23. The monoisotopic (exact) mass is 302 g/mol. The standard InChI is InChI=1S/C18H26N2O2/c1-20(2)18(22)16-10-7-14(8-11-16)9-12-17(21)19-13-15-5-3-4-6-15/h7-8,10-11,15H,3-6,9,12-13H2,1-2H3,(H,19,21). The van der Waals surface area contributed by atoms with Gasteiger partial charge >= 0.3 is 0 Å². The fourth-order valence-corrected chi connectivity index (χ4v) is 2.89. The summed E-state index contributed by atoms with van der Waals surface area (Å²) < 4.78 is 0. The summed E-state index contributed by atoms with van der Waals surface area (Å²) >= 11 is 0. The number of benzene rings is 1. The van der Waals surface area contributed by atoms with Crippen molar-refractivity contribution >= 4 is 11.8 Å². The Morgan fingerprint density at radius 1 is 1.14 bits per heavy atom. The first kappa shape index (κ1) is 16.5. The average Bonchev–Trinajstić information content (AvgIpc) is 3.04. The molecule has 1 saturated carbocycles. The van der Waals surface area contributed by atoms with Gasteiger partial charge in [0.05, 0.1) is 0 Å². The van der Waals surface area contributed by atoms with Crippen molar-refractivity contribution in [2.24, 2.45) is 5.92 Å². The topological polar surface area (TPSA) is 49.4 Å². The summed E-state index contributed by atoms with van der Waals surface area (Å²) in [5.41, 5.74) is 1.77. The second-order valence-corrected chi connectivity index (χ2v) is 6.35. The van der Waals surface area contributed by atoms with Gasteiger partial charge in [0.1, 0.15) is 0 Å². The lowest BCUT2D eigenvalue weighted by Crippen LogP contribution is -2.28. The highest BCUT2D eigenvalue weighted by molar-refractivity contribution is 5.93. The minimum Gasteiger partial charge on any atom is -0.356 e. The van der Waals surface area contributed by atoms with Gasteiger partial charge in [-0.15, -0.1) is 0 Å². The van der Waals surface area contributed by atoms with Gasteiger partial charge in [-0.25, -0.2) is 0 Å². The van der Waals surface area contributed by atoms with Gasteiger partial charge in [-0.3, -0.25) is 9.59 Å². The van der Waals surface area contributed by atoms with Crippen LogP contribution in [0.1, 0.15) is 48.0 Å². The zero-order valence-electron chi connectivity index (χ0n) is 13.6. The van der Waals surface area contributed by atoms with E-state index in [-0.39, 0.29) is 11.8 Å². The molecule has 1 aromatic rings. The molecular formula is C18H26N2O2. The molecule has 0 spiro atoms. The molecule has 0 aliphatic heterocycles. The molecule has 1 aliphatic rings. The van der Waals surface area contributed by atoms with E-state index in [2.05, 4.69) is 5.32 Å². The van der Waals surface area contributed by atoms with E-state index < -0.39 is 0 Å². The summed E-state index contributed by atoms with van der Waals surface area (Å²) in [5.74, 6) is 0.807. The van der Waals surface area contributed by atoms with Crippen LogP contribution in [-0.2, 0) is 11.2 Å². The van der Waals surface area contributed by atoms with E-state index in [1.807, 2.05) is 24.3 Å². The fraction of sp³-hybridized carbons (Fsp3) is 0.556. The first-order valence-corrected chi connectivity index (χ1v) is 8.13. The summed E-state index contributed by atoms with van der Waals surface area (Å²) in [4.78, 5) is 25.2. The Balaban J connectivity index is 1.74. The van der Waals surface area contributed by atoms with Crippen molar-refractivity contribution in [3.05, 3.63) is 35.4 Å². The van der Waals surface area contributed by atoms with Gasteiger partial charge < -0.3 is 10.2 Å². The number of aryl methyl sites for hydroxylation is 1. The van der Waals surface area contributed by atoms with Crippen LogP contribution in [0, 0.1) is 5.92 Å². The average molecular weight is 302 g/mol. The van der Waals surface area contributed by atoms with E-state index in [1.54, 1.807) is 19.0 Å². The second kappa shape index (κ2) is 7.97. The molecule has 4 nitrogen and oxygen atoms in total. The number of carbonyl (C=O) groups excluding carboxylic acids is 2. The van der Waals surface area contributed by atoms with Gasteiger partial charge in [0.2, 0.25) is 5.91 Å². The van der Waals surface area contributed by atoms with Crippen LogP contribution in [0.15, 0.2) is 24.3 Å². The number of hydrogen-bond donors (Lipinski definition) is 1. The predicted octanol–water partition coefficient (Wildman–Crippen LogP) is 2.63. The molecule has 1 N–H and O–H groups in total. The molecule has 22 heavy (non-hydrogen) atoms. The lowest BCUT2D eigenvalue weighted by atomic mass is 10.1. The zero-order chi connectivity index (χ0) is 15.9. The SMILES string of the molecule is CN(C)C(=O)c1ccc(CCC(=O)NCC2CCCC2)cc1. The van der Waals surface area contributed by atoms with Gasteiger partial charge in [-0.2, -0.15) is 0 Å². The maximum Gasteiger partial charge on any atom is 0.253 e. The number of nitrogens with one attached hydrogen (secondary N) is 1. The lowest BCUT2D eigenvalue weighted by molar-refractivity contribution is -0.121. The molecule has 0 bridgehead atoms. The maximum absolute atomic E-state index is 11.9. The van der Waals surface area contributed by atoms with Crippen LogP contribution in [0.4, 0.5) is 0 Å². The van der Waals surface area contributed by atoms with E-state index in [0.717, 1.165) is 12.1 Å². The van der Waals surface area contributed by atoms with Crippen molar-refractivity contribution < 1.29 is 9.59 Å². The van der Waals surface area contributed by atoms with E-state index in [9.17, 15) is 9.59 Å². The molecule has 0 heterocycles. The van der Waals surface area contributed by atoms with Crippen LogP contribution >= 0.6 is 0 Å². The molecule has 0 radical (unpaired) electrons. The van der Waals surface area contributed by atoms with Crippen molar-refractivity contribution in [2.45, 2.75) is 38.5 Å². The van der Waals surface area contributed by atoms with Gasteiger partial charge in [0.25, 0.3) is 5.91 Å². The van der Waals surface area contributed by atoms with Gasteiger partial charge in [-0.05, 0) is 42.9 Å². The van der Waals surface area contributed by atoms with E-state index in [1.165, 1.54) is 25.7 Å². The number of amides is 2.